The largest absolute Gasteiger partial charge is 0.508 e. The fraction of sp³-hybridized carbons (Fsp3) is 0.571. The minimum Gasteiger partial charge on any atom is -0.508 e. The SMILES string of the molecule is CC(NC1CCCC1CO)c1ccc(O)cc1. The molecule has 1 aromatic carbocycles. The lowest BCUT2D eigenvalue weighted by atomic mass is 10.0. The Hall–Kier alpha value is -1.06. The highest BCUT2D eigenvalue weighted by Gasteiger charge is 2.27. The quantitative estimate of drug-likeness (QED) is 0.750. The molecule has 3 nitrogen and oxygen atoms in total. The zero-order chi connectivity index (χ0) is 12.3. The lowest BCUT2D eigenvalue weighted by Crippen LogP contribution is -2.35. The van der Waals surface area contributed by atoms with Crippen LogP contribution in [0.4, 0.5) is 0 Å². The monoisotopic (exact) mass is 235 g/mol. The van der Waals surface area contributed by atoms with Crippen LogP contribution in [0.1, 0.15) is 37.8 Å². The number of hydrogen-bond acceptors (Lipinski definition) is 3. The molecule has 3 atom stereocenters. The van der Waals surface area contributed by atoms with Gasteiger partial charge < -0.3 is 15.5 Å². The van der Waals surface area contributed by atoms with Gasteiger partial charge in [-0.15, -0.1) is 0 Å². The second-order valence-corrected chi connectivity index (χ2v) is 4.96. The van der Waals surface area contributed by atoms with Crippen molar-refractivity contribution in [2.75, 3.05) is 6.61 Å². The van der Waals surface area contributed by atoms with E-state index in [4.69, 9.17) is 0 Å². The van der Waals surface area contributed by atoms with Crippen LogP contribution >= 0.6 is 0 Å². The summed E-state index contributed by atoms with van der Waals surface area (Å²) in [5, 5.41) is 22.1. The number of rotatable bonds is 4. The van der Waals surface area contributed by atoms with Gasteiger partial charge in [-0.25, -0.2) is 0 Å². The number of hydrogen-bond donors (Lipinski definition) is 3. The third kappa shape index (κ3) is 2.99. The molecule has 0 heterocycles. The number of aliphatic hydroxyl groups excluding tert-OH is 1. The molecule has 1 saturated carbocycles. The average molecular weight is 235 g/mol. The number of phenols is 1. The highest BCUT2D eigenvalue weighted by atomic mass is 16.3. The van der Waals surface area contributed by atoms with Crippen molar-refractivity contribution < 1.29 is 10.2 Å². The summed E-state index contributed by atoms with van der Waals surface area (Å²) in [6, 6.07) is 7.99. The van der Waals surface area contributed by atoms with E-state index < -0.39 is 0 Å². The van der Waals surface area contributed by atoms with Crippen LogP contribution in [0, 0.1) is 5.92 Å². The molecule has 0 spiro atoms. The van der Waals surface area contributed by atoms with E-state index in [1.54, 1.807) is 12.1 Å². The maximum absolute atomic E-state index is 9.28. The van der Waals surface area contributed by atoms with E-state index in [1.165, 1.54) is 12.0 Å². The van der Waals surface area contributed by atoms with Crippen molar-refractivity contribution in [2.45, 2.75) is 38.3 Å². The number of aliphatic hydroxyl groups is 1. The Kier molecular flexibility index (Phi) is 4.02. The summed E-state index contributed by atoms with van der Waals surface area (Å²) >= 11 is 0. The van der Waals surface area contributed by atoms with Crippen molar-refractivity contribution in [3.8, 4) is 5.75 Å². The summed E-state index contributed by atoms with van der Waals surface area (Å²) in [4.78, 5) is 0. The molecule has 0 radical (unpaired) electrons. The van der Waals surface area contributed by atoms with Crippen LogP contribution in [-0.2, 0) is 0 Å². The standard InChI is InChI=1S/C14H21NO2/c1-10(11-5-7-13(17)8-6-11)15-14-4-2-3-12(14)9-16/h5-8,10,12,14-17H,2-4,9H2,1H3. The fourth-order valence-corrected chi connectivity index (χ4v) is 2.66. The molecule has 1 fully saturated rings. The molecular formula is C14H21NO2. The fourth-order valence-electron chi connectivity index (χ4n) is 2.66. The number of aromatic hydroxyl groups is 1. The van der Waals surface area contributed by atoms with Gasteiger partial charge in [0.2, 0.25) is 0 Å². The van der Waals surface area contributed by atoms with Gasteiger partial charge in [0.25, 0.3) is 0 Å². The summed E-state index contributed by atoms with van der Waals surface area (Å²) < 4.78 is 0. The first-order valence-electron chi connectivity index (χ1n) is 6.36. The molecule has 3 heteroatoms. The number of nitrogens with one attached hydrogen (secondary N) is 1. The summed E-state index contributed by atoms with van der Waals surface area (Å²) in [5.41, 5.74) is 1.17. The van der Waals surface area contributed by atoms with Gasteiger partial charge in [-0.1, -0.05) is 18.6 Å². The van der Waals surface area contributed by atoms with E-state index >= 15 is 0 Å². The molecule has 0 aromatic heterocycles. The summed E-state index contributed by atoms with van der Waals surface area (Å²) in [5.74, 6) is 0.699. The van der Waals surface area contributed by atoms with Gasteiger partial charge in [0, 0.05) is 18.7 Å². The van der Waals surface area contributed by atoms with Crippen LogP contribution in [0.15, 0.2) is 24.3 Å². The number of benzene rings is 1. The molecule has 0 aliphatic heterocycles. The first kappa shape index (κ1) is 12.4. The van der Waals surface area contributed by atoms with Gasteiger partial charge >= 0.3 is 0 Å². The highest BCUT2D eigenvalue weighted by Crippen LogP contribution is 2.27. The minimum atomic E-state index is 0.257. The van der Waals surface area contributed by atoms with E-state index in [0.29, 0.717) is 17.7 Å². The Balaban J connectivity index is 1.96. The van der Waals surface area contributed by atoms with Crippen LogP contribution in [0.5, 0.6) is 5.75 Å². The maximum atomic E-state index is 9.28. The lowest BCUT2D eigenvalue weighted by molar-refractivity contribution is 0.200. The van der Waals surface area contributed by atoms with Crippen LogP contribution < -0.4 is 5.32 Å². The molecule has 1 aliphatic rings. The van der Waals surface area contributed by atoms with Gasteiger partial charge in [-0.05, 0) is 43.4 Å². The van der Waals surface area contributed by atoms with Crippen molar-refractivity contribution in [2.24, 2.45) is 5.92 Å². The molecule has 3 N–H and O–H groups in total. The summed E-state index contributed by atoms with van der Waals surface area (Å²) in [6.07, 6.45) is 3.47. The zero-order valence-electron chi connectivity index (χ0n) is 10.3. The lowest BCUT2D eigenvalue weighted by Gasteiger charge is -2.24. The van der Waals surface area contributed by atoms with Crippen molar-refractivity contribution in [3.05, 3.63) is 29.8 Å². The maximum Gasteiger partial charge on any atom is 0.115 e. The Bertz CT molecular complexity index is 350. The Morgan fingerprint density at radius 2 is 2.00 bits per heavy atom. The van der Waals surface area contributed by atoms with Gasteiger partial charge in [0.15, 0.2) is 0 Å². The summed E-state index contributed by atoms with van der Waals surface area (Å²) in [6.45, 7) is 2.40. The molecule has 0 saturated heterocycles. The molecule has 2 rings (SSSR count). The average Bonchev–Trinajstić information content (AvgIpc) is 2.77. The predicted octanol–water partition coefficient (Wildman–Crippen LogP) is 2.20. The Morgan fingerprint density at radius 3 is 2.65 bits per heavy atom. The molecule has 0 amide bonds. The molecule has 0 bridgehead atoms. The molecule has 94 valence electrons. The Labute approximate surface area is 102 Å². The molecular weight excluding hydrogens is 214 g/mol. The first-order chi connectivity index (χ1) is 8.20. The minimum absolute atomic E-state index is 0.257. The third-order valence-corrected chi connectivity index (χ3v) is 3.75. The van der Waals surface area contributed by atoms with Crippen molar-refractivity contribution in [3.63, 3.8) is 0 Å². The van der Waals surface area contributed by atoms with Crippen LogP contribution in [0.25, 0.3) is 0 Å². The van der Waals surface area contributed by atoms with Crippen molar-refractivity contribution in [1.82, 2.24) is 5.32 Å². The first-order valence-corrected chi connectivity index (χ1v) is 6.36. The predicted molar refractivity (Wildman–Crippen MR) is 67.9 cm³/mol. The molecule has 17 heavy (non-hydrogen) atoms. The van der Waals surface area contributed by atoms with Gasteiger partial charge in [-0.2, -0.15) is 0 Å². The zero-order valence-corrected chi connectivity index (χ0v) is 10.3. The highest BCUT2D eigenvalue weighted by molar-refractivity contribution is 5.27. The normalized spacial score (nSPS) is 26.0. The van der Waals surface area contributed by atoms with Gasteiger partial charge in [-0.3, -0.25) is 0 Å². The number of phenolic OH excluding ortho intramolecular Hbond substituents is 1. The second kappa shape index (κ2) is 5.52. The smallest absolute Gasteiger partial charge is 0.115 e. The van der Waals surface area contributed by atoms with Crippen LogP contribution in [0.2, 0.25) is 0 Å². The van der Waals surface area contributed by atoms with Gasteiger partial charge in [0.05, 0.1) is 0 Å². The van der Waals surface area contributed by atoms with Gasteiger partial charge in [0.1, 0.15) is 5.75 Å². The van der Waals surface area contributed by atoms with E-state index in [2.05, 4.69) is 12.2 Å². The Morgan fingerprint density at radius 1 is 1.29 bits per heavy atom. The van der Waals surface area contributed by atoms with Crippen LogP contribution in [0.3, 0.4) is 0 Å². The molecule has 1 aromatic rings. The van der Waals surface area contributed by atoms with Crippen molar-refractivity contribution in [1.29, 1.82) is 0 Å². The molecule has 3 unspecified atom stereocenters. The van der Waals surface area contributed by atoms with Crippen LogP contribution in [-0.4, -0.2) is 22.9 Å². The van der Waals surface area contributed by atoms with Crippen molar-refractivity contribution >= 4 is 0 Å². The van der Waals surface area contributed by atoms with E-state index in [-0.39, 0.29) is 12.6 Å². The molecule has 1 aliphatic carbocycles. The van der Waals surface area contributed by atoms with E-state index in [1.807, 2.05) is 12.1 Å². The third-order valence-electron chi connectivity index (χ3n) is 3.75. The van der Waals surface area contributed by atoms with E-state index in [9.17, 15) is 10.2 Å². The topological polar surface area (TPSA) is 52.5 Å². The summed E-state index contributed by atoms with van der Waals surface area (Å²) in [7, 11) is 0. The second-order valence-electron chi connectivity index (χ2n) is 4.96. The van der Waals surface area contributed by atoms with E-state index in [0.717, 1.165) is 12.8 Å².